The van der Waals surface area contributed by atoms with Gasteiger partial charge in [-0.3, -0.25) is 0 Å². The molecule has 0 radical (unpaired) electrons. The summed E-state index contributed by atoms with van der Waals surface area (Å²) in [4.78, 5) is 4.20. The van der Waals surface area contributed by atoms with Crippen LogP contribution in [-0.2, 0) is 13.0 Å². The van der Waals surface area contributed by atoms with Crippen molar-refractivity contribution in [1.29, 1.82) is 0 Å². The van der Waals surface area contributed by atoms with Gasteiger partial charge < -0.3 is 10.5 Å². The smallest absolute Gasteiger partial charge is 0.239 e. The van der Waals surface area contributed by atoms with Crippen LogP contribution in [0.5, 0.6) is 5.75 Å². The molecule has 0 amide bonds. The highest BCUT2D eigenvalue weighted by molar-refractivity contribution is 5.38. The van der Waals surface area contributed by atoms with Crippen molar-refractivity contribution in [3.05, 3.63) is 35.4 Å². The maximum Gasteiger partial charge on any atom is 0.239 e. The average molecular weight is 262 g/mol. The monoisotopic (exact) mass is 262 g/mol. The molecule has 6 heteroatoms. The van der Waals surface area contributed by atoms with Crippen LogP contribution in [0.4, 0.5) is 10.3 Å². The fourth-order valence-corrected chi connectivity index (χ4v) is 2.61. The molecule has 3 rings (SSSR count). The summed E-state index contributed by atoms with van der Waals surface area (Å²) in [5.74, 6) is 1.79. The van der Waals surface area contributed by atoms with E-state index in [1.807, 2.05) is 4.68 Å². The highest BCUT2D eigenvalue weighted by Gasteiger charge is 2.25. The van der Waals surface area contributed by atoms with E-state index in [1.165, 1.54) is 6.07 Å². The van der Waals surface area contributed by atoms with Gasteiger partial charge in [-0.1, -0.05) is 0 Å². The molecular weight excluding hydrogens is 247 g/mol. The lowest BCUT2D eigenvalue weighted by Crippen LogP contribution is -2.19. The number of nitrogens with two attached hydrogens (primary N) is 1. The predicted octanol–water partition coefficient (Wildman–Crippen LogP) is 1.74. The van der Waals surface area contributed by atoms with Crippen LogP contribution < -0.4 is 10.5 Å². The molecule has 0 fully saturated rings. The first-order chi connectivity index (χ1) is 9.17. The fraction of sp³-hybridized carbons (Fsp3) is 0.385. The normalized spacial score (nSPS) is 18.1. The fourth-order valence-electron chi connectivity index (χ4n) is 2.61. The summed E-state index contributed by atoms with van der Waals surface area (Å²) in [5, 5.41) is 4.12. The van der Waals surface area contributed by atoms with Crippen molar-refractivity contribution in [1.82, 2.24) is 14.8 Å². The van der Waals surface area contributed by atoms with Gasteiger partial charge in [0.05, 0.1) is 7.11 Å². The summed E-state index contributed by atoms with van der Waals surface area (Å²) in [6, 6.07) is 4.61. The Morgan fingerprint density at radius 2 is 2.32 bits per heavy atom. The summed E-state index contributed by atoms with van der Waals surface area (Å²) < 4.78 is 20.6. The Labute approximate surface area is 110 Å². The number of nitrogens with zero attached hydrogens (tertiary/aromatic N) is 3. The lowest BCUT2D eigenvalue weighted by molar-refractivity contribution is 0.385. The first kappa shape index (κ1) is 12.0. The molecule has 1 aromatic carbocycles. The molecule has 0 aliphatic carbocycles. The van der Waals surface area contributed by atoms with Crippen LogP contribution in [0.25, 0.3) is 0 Å². The lowest BCUT2D eigenvalue weighted by atomic mass is 9.89. The molecule has 2 aromatic rings. The Balaban J connectivity index is 1.94. The number of rotatable bonds is 2. The number of anilines is 1. The summed E-state index contributed by atoms with van der Waals surface area (Å²) in [5.41, 5.74) is 6.48. The maximum atomic E-state index is 13.4. The number of hydrogen-bond acceptors (Lipinski definition) is 4. The number of hydrogen-bond donors (Lipinski definition) is 1. The zero-order chi connectivity index (χ0) is 13.4. The van der Waals surface area contributed by atoms with Crippen LogP contribution in [0.15, 0.2) is 18.2 Å². The van der Waals surface area contributed by atoms with Gasteiger partial charge >= 0.3 is 0 Å². The Kier molecular flexibility index (Phi) is 2.85. The predicted molar refractivity (Wildman–Crippen MR) is 68.4 cm³/mol. The molecule has 2 N–H and O–H groups in total. The largest absolute Gasteiger partial charge is 0.496 e. The highest BCUT2D eigenvalue weighted by atomic mass is 19.1. The number of benzene rings is 1. The van der Waals surface area contributed by atoms with E-state index in [9.17, 15) is 4.39 Å². The Bertz CT molecular complexity index is 611. The highest BCUT2D eigenvalue weighted by Crippen LogP contribution is 2.34. The van der Waals surface area contributed by atoms with Crippen molar-refractivity contribution < 1.29 is 9.13 Å². The molecular formula is C13H15FN4O. The van der Waals surface area contributed by atoms with E-state index < -0.39 is 0 Å². The molecule has 0 bridgehead atoms. The molecule has 2 heterocycles. The van der Waals surface area contributed by atoms with E-state index in [2.05, 4.69) is 10.1 Å². The molecule has 0 saturated heterocycles. The summed E-state index contributed by atoms with van der Waals surface area (Å²) >= 11 is 0. The van der Waals surface area contributed by atoms with Crippen LogP contribution in [0.1, 0.15) is 23.7 Å². The Morgan fingerprint density at radius 1 is 1.47 bits per heavy atom. The first-order valence-corrected chi connectivity index (χ1v) is 6.20. The van der Waals surface area contributed by atoms with Gasteiger partial charge in [0.15, 0.2) is 0 Å². The van der Waals surface area contributed by atoms with Gasteiger partial charge in [-0.2, -0.15) is 4.98 Å². The Hall–Kier alpha value is -2.11. The second-order valence-electron chi connectivity index (χ2n) is 4.69. The van der Waals surface area contributed by atoms with E-state index >= 15 is 0 Å². The average Bonchev–Trinajstić information content (AvgIpc) is 2.77. The third kappa shape index (κ3) is 2.14. The summed E-state index contributed by atoms with van der Waals surface area (Å²) in [6.45, 7) is 0.740. The van der Waals surface area contributed by atoms with Crippen LogP contribution in [0, 0.1) is 5.82 Å². The molecule has 1 aliphatic heterocycles. The first-order valence-electron chi connectivity index (χ1n) is 6.20. The van der Waals surface area contributed by atoms with E-state index in [4.69, 9.17) is 10.5 Å². The van der Waals surface area contributed by atoms with Gasteiger partial charge in [0.1, 0.15) is 17.4 Å². The molecule has 100 valence electrons. The van der Waals surface area contributed by atoms with Crippen molar-refractivity contribution in [2.75, 3.05) is 12.8 Å². The number of nitrogen functional groups attached to an aromatic ring is 1. The minimum Gasteiger partial charge on any atom is -0.496 e. The van der Waals surface area contributed by atoms with Crippen molar-refractivity contribution in [2.24, 2.45) is 0 Å². The van der Waals surface area contributed by atoms with Crippen LogP contribution >= 0.6 is 0 Å². The number of halogens is 1. The second-order valence-corrected chi connectivity index (χ2v) is 4.69. The summed E-state index contributed by atoms with van der Waals surface area (Å²) in [6.07, 6.45) is 1.57. The molecule has 1 unspecified atom stereocenters. The van der Waals surface area contributed by atoms with Crippen molar-refractivity contribution in [3.63, 3.8) is 0 Å². The van der Waals surface area contributed by atoms with E-state index in [1.54, 1.807) is 19.2 Å². The van der Waals surface area contributed by atoms with E-state index in [0.717, 1.165) is 24.4 Å². The van der Waals surface area contributed by atoms with Gasteiger partial charge in [-0.25, -0.2) is 9.07 Å². The summed E-state index contributed by atoms with van der Waals surface area (Å²) in [7, 11) is 1.60. The number of aromatic nitrogens is 3. The second kappa shape index (κ2) is 4.53. The molecule has 1 atom stereocenters. The number of fused-ring (bicyclic) bond motifs is 1. The van der Waals surface area contributed by atoms with Gasteiger partial charge in [0.2, 0.25) is 5.95 Å². The maximum absolute atomic E-state index is 13.4. The zero-order valence-corrected chi connectivity index (χ0v) is 10.6. The molecule has 19 heavy (non-hydrogen) atoms. The molecule has 1 aliphatic rings. The minimum atomic E-state index is -0.248. The van der Waals surface area contributed by atoms with Crippen LogP contribution in [0.3, 0.4) is 0 Å². The van der Waals surface area contributed by atoms with Gasteiger partial charge in [0.25, 0.3) is 0 Å². The minimum absolute atomic E-state index is 0.182. The molecule has 0 saturated carbocycles. The van der Waals surface area contributed by atoms with E-state index in [0.29, 0.717) is 18.1 Å². The number of methoxy groups -OCH3 is 1. The SMILES string of the molecule is COc1ccc(F)cc1C1CCn2nc(N)nc2C1. The standard InChI is InChI=1S/C13H15FN4O/c1-19-11-3-2-9(14)7-10(11)8-4-5-18-12(6-8)16-13(15)17-18/h2-3,7-8H,4-6H2,1H3,(H2,15,17). The Morgan fingerprint density at radius 3 is 3.11 bits per heavy atom. The van der Waals surface area contributed by atoms with Crippen molar-refractivity contribution in [2.45, 2.75) is 25.3 Å². The van der Waals surface area contributed by atoms with Crippen molar-refractivity contribution >= 4 is 5.95 Å². The topological polar surface area (TPSA) is 66.0 Å². The lowest BCUT2D eigenvalue weighted by Gasteiger charge is -2.24. The third-order valence-corrected chi connectivity index (χ3v) is 3.51. The van der Waals surface area contributed by atoms with Crippen LogP contribution in [0.2, 0.25) is 0 Å². The van der Waals surface area contributed by atoms with E-state index in [-0.39, 0.29) is 11.7 Å². The van der Waals surface area contributed by atoms with Gasteiger partial charge in [-0.05, 0) is 30.5 Å². The van der Waals surface area contributed by atoms with Gasteiger partial charge in [-0.15, -0.1) is 5.10 Å². The van der Waals surface area contributed by atoms with Crippen molar-refractivity contribution in [3.8, 4) is 5.75 Å². The number of aryl methyl sites for hydroxylation is 1. The molecule has 1 aromatic heterocycles. The third-order valence-electron chi connectivity index (χ3n) is 3.51. The molecule has 0 spiro atoms. The zero-order valence-electron chi connectivity index (χ0n) is 10.6. The number of ether oxygens (including phenoxy) is 1. The van der Waals surface area contributed by atoms with Crippen LogP contribution in [-0.4, -0.2) is 21.9 Å². The van der Waals surface area contributed by atoms with Gasteiger partial charge in [0, 0.05) is 18.5 Å². The molecule has 5 nitrogen and oxygen atoms in total. The quantitative estimate of drug-likeness (QED) is 0.895.